The molecule has 3 rings (SSSR count). The molecule has 0 radical (unpaired) electrons. The summed E-state index contributed by atoms with van der Waals surface area (Å²) in [6.07, 6.45) is 1.60. The Kier molecular flexibility index (Phi) is 3.46. The third-order valence-corrected chi connectivity index (χ3v) is 3.61. The molecule has 0 spiro atoms. The minimum Gasteiger partial charge on any atom is -0.480 e. The summed E-state index contributed by atoms with van der Waals surface area (Å²) in [6.45, 7) is 1.42. The minimum atomic E-state index is -0.996. The van der Waals surface area contributed by atoms with E-state index in [0.29, 0.717) is 22.2 Å². The lowest BCUT2D eigenvalue weighted by Crippen LogP contribution is -2.21. The van der Waals surface area contributed by atoms with Gasteiger partial charge in [0.05, 0.1) is 5.69 Å². The molecule has 0 bridgehead atoms. The average Bonchev–Trinajstić information content (AvgIpc) is 2.89. The monoisotopic (exact) mass is 317 g/mol. The number of fused-ring (bicyclic) bond motifs is 1. The van der Waals surface area contributed by atoms with E-state index in [1.54, 1.807) is 37.4 Å². The van der Waals surface area contributed by atoms with Gasteiger partial charge >= 0.3 is 5.97 Å². The number of hydrogen-bond donors (Lipinski definition) is 1. The first-order valence-electron chi connectivity index (χ1n) is 6.53. The summed E-state index contributed by atoms with van der Waals surface area (Å²) in [4.78, 5) is 27.5. The van der Waals surface area contributed by atoms with E-state index in [0.717, 1.165) is 5.56 Å². The Bertz CT molecular complexity index is 926. The van der Waals surface area contributed by atoms with Gasteiger partial charge in [-0.3, -0.25) is 14.0 Å². The van der Waals surface area contributed by atoms with Gasteiger partial charge in [0.25, 0.3) is 5.56 Å². The maximum absolute atomic E-state index is 12.1. The zero-order chi connectivity index (χ0) is 15.9. The van der Waals surface area contributed by atoms with Gasteiger partial charge in [-0.1, -0.05) is 23.7 Å². The van der Waals surface area contributed by atoms with Crippen LogP contribution in [0.4, 0.5) is 0 Å². The molecule has 1 N–H and O–H groups in total. The normalized spacial score (nSPS) is 11.0. The van der Waals surface area contributed by atoms with Crippen LogP contribution in [0.1, 0.15) is 5.69 Å². The van der Waals surface area contributed by atoms with Gasteiger partial charge in [-0.15, -0.1) is 0 Å². The van der Waals surface area contributed by atoms with E-state index in [1.807, 2.05) is 0 Å². The molecule has 3 aromatic rings. The van der Waals surface area contributed by atoms with Gasteiger partial charge in [0.1, 0.15) is 6.54 Å². The van der Waals surface area contributed by atoms with Gasteiger partial charge in [-0.25, -0.2) is 4.98 Å². The third kappa shape index (κ3) is 2.48. The van der Waals surface area contributed by atoms with E-state index < -0.39 is 5.97 Å². The van der Waals surface area contributed by atoms with E-state index in [2.05, 4.69) is 4.98 Å². The molecule has 0 atom stereocenters. The number of carbonyl (C=O) groups is 1. The first kappa shape index (κ1) is 14.3. The van der Waals surface area contributed by atoms with Crippen molar-refractivity contribution in [3.8, 4) is 11.3 Å². The highest BCUT2D eigenvalue weighted by Crippen LogP contribution is 2.21. The van der Waals surface area contributed by atoms with Crippen molar-refractivity contribution >= 4 is 23.3 Å². The highest BCUT2D eigenvalue weighted by molar-refractivity contribution is 6.30. The lowest BCUT2D eigenvalue weighted by Gasteiger charge is -2.08. The van der Waals surface area contributed by atoms with Crippen LogP contribution >= 0.6 is 11.6 Å². The number of imidazole rings is 1. The molecule has 0 aliphatic carbocycles. The Morgan fingerprint density at radius 3 is 2.64 bits per heavy atom. The number of hydrogen-bond acceptors (Lipinski definition) is 3. The number of carboxylic acids is 1. The Morgan fingerprint density at radius 1 is 1.32 bits per heavy atom. The summed E-state index contributed by atoms with van der Waals surface area (Å²) >= 11 is 5.86. The quantitative estimate of drug-likeness (QED) is 0.803. The second-order valence-corrected chi connectivity index (χ2v) is 5.34. The molecule has 7 heteroatoms. The molecule has 0 aliphatic heterocycles. The van der Waals surface area contributed by atoms with Crippen molar-refractivity contribution in [1.29, 1.82) is 0 Å². The fourth-order valence-corrected chi connectivity index (χ4v) is 2.42. The second-order valence-electron chi connectivity index (χ2n) is 4.91. The van der Waals surface area contributed by atoms with Crippen LogP contribution in [0.15, 0.2) is 41.3 Å². The summed E-state index contributed by atoms with van der Waals surface area (Å²) in [5.41, 5.74) is 1.68. The predicted octanol–water partition coefficient (Wildman–Crippen LogP) is 2.21. The van der Waals surface area contributed by atoms with Crippen LogP contribution in [0.2, 0.25) is 5.02 Å². The molecule has 0 saturated carbocycles. The maximum Gasteiger partial charge on any atom is 0.323 e. The highest BCUT2D eigenvalue weighted by atomic mass is 35.5. The molecule has 2 aromatic heterocycles. The van der Waals surface area contributed by atoms with Gasteiger partial charge in [0, 0.05) is 28.5 Å². The van der Waals surface area contributed by atoms with Crippen molar-refractivity contribution in [2.75, 3.05) is 0 Å². The van der Waals surface area contributed by atoms with Crippen molar-refractivity contribution < 1.29 is 9.90 Å². The molecule has 22 heavy (non-hydrogen) atoms. The van der Waals surface area contributed by atoms with Crippen LogP contribution in [0.25, 0.3) is 17.0 Å². The summed E-state index contributed by atoms with van der Waals surface area (Å²) in [7, 11) is 0. The molecule has 112 valence electrons. The molecule has 6 nitrogen and oxygen atoms in total. The highest BCUT2D eigenvalue weighted by Gasteiger charge is 2.13. The summed E-state index contributed by atoms with van der Waals surface area (Å²) in [6, 6.07) is 8.44. The van der Waals surface area contributed by atoms with Crippen LogP contribution in [0, 0.1) is 6.92 Å². The number of nitrogens with zero attached hydrogens (tertiary/aromatic N) is 3. The van der Waals surface area contributed by atoms with E-state index in [1.165, 1.54) is 15.0 Å². The topological polar surface area (TPSA) is 76.6 Å². The molecular weight excluding hydrogens is 306 g/mol. The van der Waals surface area contributed by atoms with Crippen LogP contribution in [-0.2, 0) is 11.3 Å². The summed E-state index contributed by atoms with van der Waals surface area (Å²) in [5.74, 6) is -0.693. The standard InChI is InChI=1S/C15H12ClN3O3/c1-9-6-13(20)19-7-12(10-2-4-11(16)5-3-10)17-15(19)18(9)8-14(21)22/h2-7H,8H2,1H3,(H,21,22). The zero-order valence-corrected chi connectivity index (χ0v) is 12.4. The average molecular weight is 318 g/mol. The number of carboxylic acid groups (broad SMARTS) is 1. The van der Waals surface area contributed by atoms with Gasteiger partial charge in [0.15, 0.2) is 0 Å². The SMILES string of the molecule is Cc1cc(=O)n2cc(-c3ccc(Cl)cc3)nc2n1CC(=O)O. The van der Waals surface area contributed by atoms with Gasteiger partial charge < -0.3 is 9.67 Å². The van der Waals surface area contributed by atoms with Crippen molar-refractivity contribution in [3.05, 3.63) is 57.6 Å². The van der Waals surface area contributed by atoms with Gasteiger partial charge in [0.2, 0.25) is 5.78 Å². The molecular formula is C15H12ClN3O3. The third-order valence-electron chi connectivity index (χ3n) is 3.36. The van der Waals surface area contributed by atoms with Crippen LogP contribution < -0.4 is 5.56 Å². The first-order valence-corrected chi connectivity index (χ1v) is 6.91. The fraction of sp³-hybridized carbons (Fsp3) is 0.133. The van der Waals surface area contributed by atoms with Crippen molar-refractivity contribution in [3.63, 3.8) is 0 Å². The Hall–Kier alpha value is -2.60. The fourth-order valence-electron chi connectivity index (χ4n) is 2.30. The van der Waals surface area contributed by atoms with Crippen LogP contribution in [0.5, 0.6) is 0 Å². The number of aliphatic carboxylic acids is 1. The number of benzene rings is 1. The zero-order valence-electron chi connectivity index (χ0n) is 11.7. The maximum atomic E-state index is 12.1. The first-order chi connectivity index (χ1) is 10.5. The number of rotatable bonds is 3. The number of aromatic nitrogens is 3. The van der Waals surface area contributed by atoms with Crippen molar-refractivity contribution in [2.45, 2.75) is 13.5 Å². The van der Waals surface area contributed by atoms with Gasteiger partial charge in [-0.05, 0) is 19.1 Å². The van der Waals surface area contributed by atoms with Crippen molar-refractivity contribution in [1.82, 2.24) is 14.0 Å². The van der Waals surface area contributed by atoms with E-state index in [4.69, 9.17) is 16.7 Å². The molecule has 0 unspecified atom stereocenters. The second kappa shape index (κ2) is 5.31. The predicted molar refractivity (Wildman–Crippen MR) is 82.3 cm³/mol. The molecule has 0 amide bonds. The Labute approximate surface area is 130 Å². The molecule has 0 fully saturated rings. The summed E-state index contributed by atoms with van der Waals surface area (Å²) in [5, 5.41) is 9.63. The number of halogens is 1. The van der Waals surface area contributed by atoms with E-state index >= 15 is 0 Å². The molecule has 2 heterocycles. The smallest absolute Gasteiger partial charge is 0.323 e. The number of aryl methyl sites for hydroxylation is 1. The van der Waals surface area contributed by atoms with E-state index in [-0.39, 0.29) is 12.1 Å². The Balaban J connectivity index is 2.24. The summed E-state index contributed by atoms with van der Waals surface area (Å²) < 4.78 is 2.84. The lowest BCUT2D eigenvalue weighted by atomic mass is 10.2. The lowest BCUT2D eigenvalue weighted by molar-refractivity contribution is -0.137. The van der Waals surface area contributed by atoms with E-state index in [9.17, 15) is 9.59 Å². The molecule has 0 saturated heterocycles. The van der Waals surface area contributed by atoms with Crippen LogP contribution in [0.3, 0.4) is 0 Å². The molecule has 1 aromatic carbocycles. The van der Waals surface area contributed by atoms with Crippen molar-refractivity contribution in [2.24, 2.45) is 0 Å². The molecule has 0 aliphatic rings. The minimum absolute atomic E-state index is 0.248. The largest absolute Gasteiger partial charge is 0.480 e. The Morgan fingerprint density at radius 2 is 2.00 bits per heavy atom. The van der Waals surface area contributed by atoms with Crippen LogP contribution in [-0.4, -0.2) is 25.0 Å². The van der Waals surface area contributed by atoms with Gasteiger partial charge in [-0.2, -0.15) is 0 Å².